The molecule has 0 amide bonds. The largest absolute Gasteiger partial charge is 0.460 e. The molecule has 0 aromatic heterocycles. The first-order valence-electron chi connectivity index (χ1n) is 7.79. The Labute approximate surface area is 121 Å². The molecule has 0 aliphatic heterocycles. The van der Waals surface area contributed by atoms with Crippen molar-refractivity contribution in [1.29, 1.82) is 0 Å². The first-order chi connectivity index (χ1) is 9.42. The van der Waals surface area contributed by atoms with Gasteiger partial charge in [-0.05, 0) is 64.2 Å². The Morgan fingerprint density at radius 3 is 2.30 bits per heavy atom. The Kier molecular flexibility index (Phi) is 4.71. The van der Waals surface area contributed by atoms with Crippen LogP contribution in [-0.4, -0.2) is 24.6 Å². The fourth-order valence-electron chi connectivity index (χ4n) is 3.13. The lowest BCUT2D eigenvalue weighted by molar-refractivity contribution is -0.172. The van der Waals surface area contributed by atoms with Gasteiger partial charge in [0.25, 0.3) is 0 Å². The second kappa shape index (κ2) is 6.15. The minimum Gasteiger partial charge on any atom is -0.460 e. The summed E-state index contributed by atoms with van der Waals surface area (Å²) in [7, 11) is 0. The summed E-state index contributed by atoms with van der Waals surface area (Å²) in [4.78, 5) is 23.6. The molecule has 0 radical (unpaired) electrons. The van der Waals surface area contributed by atoms with Gasteiger partial charge in [-0.3, -0.25) is 4.79 Å². The minimum absolute atomic E-state index is 0.0490. The highest BCUT2D eigenvalue weighted by atomic mass is 16.6. The van der Waals surface area contributed by atoms with Crippen LogP contribution in [0.4, 0.5) is 0 Å². The molecule has 0 saturated heterocycles. The molecule has 2 bridgehead atoms. The van der Waals surface area contributed by atoms with Crippen molar-refractivity contribution in [2.24, 2.45) is 17.3 Å². The van der Waals surface area contributed by atoms with Gasteiger partial charge >= 0.3 is 11.9 Å². The lowest BCUT2D eigenvalue weighted by Gasteiger charge is -2.41. The second-order valence-electron chi connectivity index (χ2n) is 6.86. The fraction of sp³-hybridized carbons (Fsp3) is 0.875. The highest BCUT2D eigenvalue weighted by Crippen LogP contribution is 2.42. The van der Waals surface area contributed by atoms with Crippen molar-refractivity contribution in [3.63, 3.8) is 0 Å². The van der Waals surface area contributed by atoms with E-state index >= 15 is 0 Å². The molecule has 3 fully saturated rings. The number of ether oxygens (including phenoxy) is 2. The summed E-state index contributed by atoms with van der Waals surface area (Å²) in [5.41, 5.74) is -0.538. The lowest BCUT2D eigenvalue weighted by Crippen LogP contribution is -2.39. The Morgan fingerprint density at radius 2 is 1.80 bits per heavy atom. The van der Waals surface area contributed by atoms with E-state index in [-0.39, 0.29) is 18.7 Å². The summed E-state index contributed by atoms with van der Waals surface area (Å²) in [5.74, 6) is 0.510. The average molecular weight is 282 g/mol. The Hall–Kier alpha value is -1.06. The Balaban J connectivity index is 1.75. The van der Waals surface area contributed by atoms with Crippen molar-refractivity contribution in [3.05, 3.63) is 0 Å². The molecule has 3 aliphatic carbocycles. The van der Waals surface area contributed by atoms with Crippen LogP contribution in [0, 0.1) is 17.3 Å². The summed E-state index contributed by atoms with van der Waals surface area (Å²) in [6, 6.07) is 0. The van der Waals surface area contributed by atoms with Crippen molar-refractivity contribution in [2.45, 2.75) is 65.4 Å². The summed E-state index contributed by atoms with van der Waals surface area (Å²) < 4.78 is 10.6. The standard InChI is InChI=1S/C16H26O4/c1-4-16(2,3)15(18)19-10-14(17)20-13-9-11-5-7-12(13)8-6-11/h11-13H,4-10H2,1-3H3. The lowest BCUT2D eigenvalue weighted by atomic mass is 9.69. The maximum absolute atomic E-state index is 11.8. The maximum Gasteiger partial charge on any atom is 0.344 e. The van der Waals surface area contributed by atoms with Gasteiger partial charge in [-0.15, -0.1) is 0 Å². The third kappa shape index (κ3) is 3.53. The molecule has 1 atom stereocenters. The van der Waals surface area contributed by atoms with Gasteiger partial charge in [-0.2, -0.15) is 0 Å². The molecular formula is C16H26O4. The van der Waals surface area contributed by atoms with Crippen LogP contribution in [0.3, 0.4) is 0 Å². The van der Waals surface area contributed by atoms with E-state index in [4.69, 9.17) is 9.47 Å². The molecule has 114 valence electrons. The highest BCUT2D eigenvalue weighted by Gasteiger charge is 2.38. The van der Waals surface area contributed by atoms with E-state index in [1.807, 2.05) is 20.8 Å². The van der Waals surface area contributed by atoms with Gasteiger partial charge in [0.15, 0.2) is 6.61 Å². The van der Waals surface area contributed by atoms with E-state index in [0.717, 1.165) is 12.3 Å². The first kappa shape index (κ1) is 15.3. The van der Waals surface area contributed by atoms with Gasteiger partial charge in [0.05, 0.1) is 5.41 Å². The van der Waals surface area contributed by atoms with Crippen LogP contribution in [0.25, 0.3) is 0 Å². The number of rotatable bonds is 5. The van der Waals surface area contributed by atoms with Crippen LogP contribution >= 0.6 is 0 Å². The van der Waals surface area contributed by atoms with Gasteiger partial charge in [0, 0.05) is 0 Å². The molecule has 0 aromatic rings. The number of carbonyl (C=O) groups is 2. The monoisotopic (exact) mass is 282 g/mol. The number of fused-ring (bicyclic) bond motifs is 3. The van der Waals surface area contributed by atoms with Crippen LogP contribution in [0.2, 0.25) is 0 Å². The zero-order chi connectivity index (χ0) is 14.8. The molecule has 0 heterocycles. The van der Waals surface area contributed by atoms with Crippen molar-refractivity contribution < 1.29 is 19.1 Å². The summed E-state index contributed by atoms with van der Waals surface area (Å²) in [6.07, 6.45) is 6.62. The number of hydrogen-bond acceptors (Lipinski definition) is 4. The normalized spacial score (nSPS) is 29.1. The molecule has 1 unspecified atom stereocenters. The van der Waals surface area contributed by atoms with Crippen molar-refractivity contribution in [2.75, 3.05) is 6.61 Å². The molecule has 0 aromatic carbocycles. The molecule has 0 spiro atoms. The predicted octanol–water partition coefficient (Wildman–Crippen LogP) is 3.09. The van der Waals surface area contributed by atoms with Crippen LogP contribution in [0.1, 0.15) is 59.3 Å². The van der Waals surface area contributed by atoms with Crippen LogP contribution in [0.5, 0.6) is 0 Å². The van der Waals surface area contributed by atoms with E-state index in [2.05, 4.69) is 0 Å². The number of hydrogen-bond donors (Lipinski definition) is 0. The quantitative estimate of drug-likeness (QED) is 0.727. The number of carbonyl (C=O) groups excluding carboxylic acids is 2. The van der Waals surface area contributed by atoms with Crippen LogP contribution in [0.15, 0.2) is 0 Å². The van der Waals surface area contributed by atoms with E-state index in [9.17, 15) is 9.59 Å². The smallest absolute Gasteiger partial charge is 0.344 e. The van der Waals surface area contributed by atoms with Gasteiger partial charge in [-0.1, -0.05) is 6.92 Å². The third-order valence-corrected chi connectivity index (χ3v) is 5.02. The Morgan fingerprint density at radius 1 is 1.15 bits per heavy atom. The van der Waals surface area contributed by atoms with Crippen LogP contribution < -0.4 is 0 Å². The molecule has 3 saturated carbocycles. The summed E-state index contributed by atoms with van der Waals surface area (Å²) >= 11 is 0. The fourth-order valence-corrected chi connectivity index (χ4v) is 3.13. The van der Waals surface area contributed by atoms with E-state index < -0.39 is 11.4 Å². The van der Waals surface area contributed by atoms with Crippen molar-refractivity contribution in [3.8, 4) is 0 Å². The van der Waals surface area contributed by atoms with E-state index in [1.54, 1.807) is 0 Å². The summed E-state index contributed by atoms with van der Waals surface area (Å²) in [5, 5.41) is 0. The number of esters is 2. The van der Waals surface area contributed by atoms with Gasteiger partial charge in [-0.25, -0.2) is 4.79 Å². The molecule has 4 heteroatoms. The molecular weight excluding hydrogens is 256 g/mol. The second-order valence-corrected chi connectivity index (χ2v) is 6.86. The Bertz CT molecular complexity index is 367. The minimum atomic E-state index is -0.538. The molecule has 20 heavy (non-hydrogen) atoms. The van der Waals surface area contributed by atoms with Gasteiger partial charge in [0.1, 0.15) is 6.10 Å². The molecule has 3 aliphatic rings. The first-order valence-corrected chi connectivity index (χ1v) is 7.79. The molecule has 4 nitrogen and oxygen atoms in total. The zero-order valence-electron chi connectivity index (χ0n) is 12.8. The predicted molar refractivity (Wildman–Crippen MR) is 75.0 cm³/mol. The topological polar surface area (TPSA) is 52.6 Å². The SMILES string of the molecule is CCC(C)(C)C(=O)OCC(=O)OC1CC2CCC1CC2. The van der Waals surface area contributed by atoms with Gasteiger partial charge < -0.3 is 9.47 Å². The average Bonchev–Trinajstić information content (AvgIpc) is 2.46. The highest BCUT2D eigenvalue weighted by molar-refractivity contribution is 5.79. The van der Waals surface area contributed by atoms with Crippen molar-refractivity contribution in [1.82, 2.24) is 0 Å². The van der Waals surface area contributed by atoms with Gasteiger partial charge in [0.2, 0.25) is 0 Å². The maximum atomic E-state index is 11.8. The molecule has 3 rings (SSSR count). The van der Waals surface area contributed by atoms with Crippen LogP contribution in [-0.2, 0) is 19.1 Å². The third-order valence-electron chi connectivity index (χ3n) is 5.02. The van der Waals surface area contributed by atoms with Crippen molar-refractivity contribution >= 4 is 11.9 Å². The van der Waals surface area contributed by atoms with E-state index in [1.165, 1.54) is 25.7 Å². The summed E-state index contributed by atoms with van der Waals surface area (Å²) in [6.45, 7) is 5.32. The molecule has 0 N–H and O–H groups in total. The zero-order valence-corrected chi connectivity index (χ0v) is 12.8. The van der Waals surface area contributed by atoms with E-state index in [0.29, 0.717) is 12.3 Å².